The van der Waals surface area contributed by atoms with E-state index >= 15 is 0 Å². The Kier molecular flexibility index (Phi) is 5.69. The van der Waals surface area contributed by atoms with Gasteiger partial charge in [0, 0.05) is 42.9 Å². The van der Waals surface area contributed by atoms with Crippen molar-refractivity contribution in [2.45, 2.75) is 57.5 Å². The molecular weight excluding hydrogens is 392 g/mol. The molecule has 166 valence electrons. The van der Waals surface area contributed by atoms with Crippen LogP contribution in [0.3, 0.4) is 0 Å². The van der Waals surface area contributed by atoms with Gasteiger partial charge in [-0.15, -0.1) is 0 Å². The molecule has 3 saturated heterocycles. The fourth-order valence-electron chi connectivity index (χ4n) is 5.86. The minimum atomic E-state index is -0.554. The number of piperidine rings is 3. The quantitative estimate of drug-likeness (QED) is 0.723. The highest BCUT2D eigenvalue weighted by atomic mass is 16.2. The number of rotatable bonds is 4. The van der Waals surface area contributed by atoms with Gasteiger partial charge < -0.3 is 15.1 Å². The van der Waals surface area contributed by atoms with Gasteiger partial charge in [-0.25, -0.2) is 0 Å². The monoisotopic (exact) mass is 424 g/mol. The van der Waals surface area contributed by atoms with Crippen LogP contribution in [0.5, 0.6) is 0 Å². The van der Waals surface area contributed by atoms with E-state index in [9.17, 15) is 14.4 Å². The van der Waals surface area contributed by atoms with Crippen molar-refractivity contribution in [2.24, 2.45) is 11.8 Å². The maximum atomic E-state index is 13.1. The molecule has 31 heavy (non-hydrogen) atoms. The molecule has 0 saturated carbocycles. The van der Waals surface area contributed by atoms with Crippen molar-refractivity contribution in [3.8, 4) is 0 Å². The van der Waals surface area contributed by atoms with Crippen molar-refractivity contribution in [3.05, 3.63) is 29.3 Å². The summed E-state index contributed by atoms with van der Waals surface area (Å²) in [6.45, 7) is 4.83. The molecule has 1 aromatic rings. The Morgan fingerprint density at radius 1 is 0.935 bits per heavy atom. The Balaban J connectivity index is 1.26. The first-order valence-corrected chi connectivity index (χ1v) is 11.8. The van der Waals surface area contributed by atoms with Crippen molar-refractivity contribution in [3.63, 3.8) is 0 Å². The van der Waals surface area contributed by atoms with Crippen LogP contribution in [0.15, 0.2) is 18.2 Å². The number of hydrogen-bond donors (Lipinski definition) is 2. The van der Waals surface area contributed by atoms with Gasteiger partial charge in [-0.3, -0.25) is 19.7 Å². The topological polar surface area (TPSA) is 81.8 Å². The van der Waals surface area contributed by atoms with E-state index in [0.717, 1.165) is 49.3 Å². The molecule has 7 heteroatoms. The van der Waals surface area contributed by atoms with Crippen molar-refractivity contribution in [1.82, 2.24) is 15.5 Å². The zero-order valence-electron chi connectivity index (χ0n) is 18.1. The molecule has 1 unspecified atom stereocenters. The van der Waals surface area contributed by atoms with Gasteiger partial charge in [-0.1, -0.05) is 6.07 Å². The first-order chi connectivity index (χ1) is 15.1. The summed E-state index contributed by atoms with van der Waals surface area (Å²) in [4.78, 5) is 41.0. The van der Waals surface area contributed by atoms with Crippen molar-refractivity contribution in [1.29, 1.82) is 0 Å². The summed E-state index contributed by atoms with van der Waals surface area (Å²) in [5.74, 6) is 0.986. The maximum Gasteiger partial charge on any atom is 0.255 e. The standard InChI is InChI=1S/C24H32N4O3/c29-22-5-4-21(23(30)26-22)28-15-19-18(24(28)31)2-1-3-20(19)27-12-8-17(9-13-27)14-16-6-10-25-11-7-16/h1-3,16-17,21,25H,4-15H2,(H,26,29,30). The van der Waals surface area contributed by atoms with Gasteiger partial charge in [0.1, 0.15) is 6.04 Å². The molecule has 0 aliphatic carbocycles. The molecule has 3 fully saturated rings. The fourth-order valence-corrected chi connectivity index (χ4v) is 5.86. The number of hydrogen-bond acceptors (Lipinski definition) is 5. The lowest BCUT2D eigenvalue weighted by Crippen LogP contribution is -2.52. The molecule has 2 N–H and O–H groups in total. The summed E-state index contributed by atoms with van der Waals surface area (Å²) in [7, 11) is 0. The highest BCUT2D eigenvalue weighted by Crippen LogP contribution is 2.37. The largest absolute Gasteiger partial charge is 0.371 e. The number of anilines is 1. The van der Waals surface area contributed by atoms with Crippen LogP contribution in [0.2, 0.25) is 0 Å². The minimum Gasteiger partial charge on any atom is -0.371 e. The van der Waals surface area contributed by atoms with Gasteiger partial charge in [0.15, 0.2) is 0 Å². The summed E-state index contributed by atoms with van der Waals surface area (Å²) in [5, 5.41) is 5.84. The second-order valence-corrected chi connectivity index (χ2v) is 9.56. The summed E-state index contributed by atoms with van der Waals surface area (Å²) in [6, 6.07) is 5.40. The zero-order chi connectivity index (χ0) is 21.4. The number of benzene rings is 1. The molecule has 4 aliphatic rings. The van der Waals surface area contributed by atoms with Crippen molar-refractivity contribution in [2.75, 3.05) is 31.1 Å². The van der Waals surface area contributed by atoms with Crippen LogP contribution in [-0.2, 0) is 16.1 Å². The van der Waals surface area contributed by atoms with Crippen LogP contribution in [0.25, 0.3) is 0 Å². The Hall–Kier alpha value is -2.41. The predicted molar refractivity (Wildman–Crippen MR) is 118 cm³/mol. The second kappa shape index (κ2) is 8.61. The smallest absolute Gasteiger partial charge is 0.255 e. The SMILES string of the molecule is O=C1CCC(N2Cc3c(cccc3N3CCC(CC4CCNCC4)CC3)C2=O)C(=O)N1. The van der Waals surface area contributed by atoms with Gasteiger partial charge in [-0.05, 0) is 75.6 Å². The summed E-state index contributed by atoms with van der Waals surface area (Å²) >= 11 is 0. The average molecular weight is 425 g/mol. The van der Waals surface area contributed by atoms with E-state index in [1.165, 1.54) is 32.1 Å². The molecule has 0 spiro atoms. The van der Waals surface area contributed by atoms with E-state index in [1.807, 2.05) is 12.1 Å². The molecular formula is C24H32N4O3. The van der Waals surface area contributed by atoms with Gasteiger partial charge in [0.2, 0.25) is 11.8 Å². The van der Waals surface area contributed by atoms with Crippen molar-refractivity contribution >= 4 is 23.4 Å². The molecule has 4 heterocycles. The third kappa shape index (κ3) is 4.07. The van der Waals surface area contributed by atoms with E-state index in [1.54, 1.807) is 4.90 Å². The lowest BCUT2D eigenvalue weighted by molar-refractivity contribution is -0.136. The second-order valence-electron chi connectivity index (χ2n) is 9.56. The summed E-state index contributed by atoms with van der Waals surface area (Å²) in [5.41, 5.74) is 2.88. The molecule has 0 aromatic heterocycles. The third-order valence-corrected chi connectivity index (χ3v) is 7.64. The minimum absolute atomic E-state index is 0.0906. The zero-order valence-corrected chi connectivity index (χ0v) is 18.1. The highest BCUT2D eigenvalue weighted by molar-refractivity contribution is 6.06. The van der Waals surface area contributed by atoms with Gasteiger partial charge in [0.25, 0.3) is 5.91 Å². The Bertz CT molecular complexity index is 872. The highest BCUT2D eigenvalue weighted by Gasteiger charge is 2.40. The van der Waals surface area contributed by atoms with Crippen LogP contribution in [0, 0.1) is 11.8 Å². The summed E-state index contributed by atoms with van der Waals surface area (Å²) in [6.07, 6.45) is 7.08. The first-order valence-electron chi connectivity index (χ1n) is 11.8. The summed E-state index contributed by atoms with van der Waals surface area (Å²) < 4.78 is 0. The number of fused-ring (bicyclic) bond motifs is 1. The first kappa shape index (κ1) is 20.5. The van der Waals surface area contributed by atoms with Crippen molar-refractivity contribution < 1.29 is 14.4 Å². The van der Waals surface area contributed by atoms with Crippen LogP contribution < -0.4 is 15.5 Å². The number of carbonyl (C=O) groups excluding carboxylic acids is 3. The molecule has 5 rings (SSSR count). The molecule has 1 aromatic carbocycles. The van der Waals surface area contributed by atoms with Crippen LogP contribution in [0.4, 0.5) is 5.69 Å². The number of imide groups is 1. The fraction of sp³-hybridized carbons (Fsp3) is 0.625. The Morgan fingerprint density at radius 2 is 1.68 bits per heavy atom. The predicted octanol–water partition coefficient (Wildman–Crippen LogP) is 2.05. The Morgan fingerprint density at radius 3 is 2.42 bits per heavy atom. The number of nitrogens with zero attached hydrogens (tertiary/aromatic N) is 2. The normalized spacial score (nSPS) is 25.7. The van der Waals surface area contributed by atoms with Crippen LogP contribution >= 0.6 is 0 Å². The Labute approximate surface area is 183 Å². The lowest BCUT2D eigenvalue weighted by atomic mass is 9.83. The van der Waals surface area contributed by atoms with E-state index in [4.69, 9.17) is 0 Å². The van der Waals surface area contributed by atoms with E-state index in [0.29, 0.717) is 18.5 Å². The van der Waals surface area contributed by atoms with E-state index in [-0.39, 0.29) is 24.1 Å². The average Bonchev–Trinajstić information content (AvgIpc) is 3.12. The molecule has 1 atom stereocenters. The molecule has 7 nitrogen and oxygen atoms in total. The maximum absolute atomic E-state index is 13.1. The third-order valence-electron chi connectivity index (χ3n) is 7.64. The van der Waals surface area contributed by atoms with E-state index in [2.05, 4.69) is 21.6 Å². The number of carbonyl (C=O) groups is 3. The number of amides is 3. The number of nitrogens with one attached hydrogen (secondary N) is 2. The van der Waals surface area contributed by atoms with Gasteiger partial charge in [-0.2, -0.15) is 0 Å². The van der Waals surface area contributed by atoms with Crippen LogP contribution in [-0.4, -0.2) is 54.8 Å². The molecule has 4 aliphatic heterocycles. The molecule has 3 amide bonds. The molecule has 0 bridgehead atoms. The van der Waals surface area contributed by atoms with Gasteiger partial charge >= 0.3 is 0 Å². The van der Waals surface area contributed by atoms with Gasteiger partial charge in [0.05, 0.1) is 0 Å². The lowest BCUT2D eigenvalue weighted by Gasteiger charge is -2.36. The van der Waals surface area contributed by atoms with Crippen LogP contribution in [0.1, 0.15) is 60.9 Å². The van der Waals surface area contributed by atoms with E-state index < -0.39 is 6.04 Å². The molecule has 0 radical (unpaired) electrons.